The summed E-state index contributed by atoms with van der Waals surface area (Å²) in [6.07, 6.45) is 1.11. The molecule has 14 nitrogen and oxygen atoms in total. The van der Waals surface area contributed by atoms with Crippen molar-refractivity contribution in [1.82, 2.24) is 19.8 Å². The molecular weight excluding hydrogens is 618 g/mol. The fourth-order valence-electron chi connectivity index (χ4n) is 7.40. The molecule has 1 fully saturated rings. The lowest BCUT2D eigenvalue weighted by atomic mass is 9.67. The van der Waals surface area contributed by atoms with Crippen LogP contribution in [0.2, 0.25) is 0 Å². The predicted octanol–water partition coefficient (Wildman–Crippen LogP) is 4.24. The number of nitrogens with zero attached hydrogens (tertiary/aromatic N) is 7. The van der Waals surface area contributed by atoms with Crippen molar-refractivity contribution in [2.75, 3.05) is 45.2 Å². The van der Waals surface area contributed by atoms with Crippen molar-refractivity contribution in [2.45, 2.75) is 56.5 Å². The van der Waals surface area contributed by atoms with Crippen LogP contribution in [0, 0.1) is 21.4 Å². The molecule has 3 heterocycles. The highest BCUT2D eigenvalue weighted by molar-refractivity contribution is 5.85. The molecule has 0 radical (unpaired) electrons. The zero-order valence-electron chi connectivity index (χ0n) is 26.9. The van der Waals surface area contributed by atoms with E-state index in [-0.39, 0.29) is 50.0 Å². The van der Waals surface area contributed by atoms with Gasteiger partial charge in [0, 0.05) is 44.7 Å². The van der Waals surface area contributed by atoms with Crippen LogP contribution in [0.4, 0.5) is 16.3 Å². The minimum Gasteiger partial charge on any atom is -0.468 e. The summed E-state index contributed by atoms with van der Waals surface area (Å²) in [4.78, 5) is 52.3. The number of benzene rings is 2. The summed E-state index contributed by atoms with van der Waals surface area (Å²) in [6, 6.07) is 14.4. The van der Waals surface area contributed by atoms with Crippen molar-refractivity contribution in [3.05, 3.63) is 80.5 Å². The number of anilines is 1. The molecule has 3 aromatic rings. The Morgan fingerprint density at radius 3 is 2.67 bits per heavy atom. The number of fused-ring (bicyclic) bond motifs is 2. The number of aryl methyl sites for hydroxylation is 1. The van der Waals surface area contributed by atoms with Crippen LogP contribution in [0.25, 0.3) is 0 Å². The number of rotatable bonds is 8. The van der Waals surface area contributed by atoms with Crippen LogP contribution in [0.15, 0.2) is 42.5 Å². The summed E-state index contributed by atoms with van der Waals surface area (Å²) < 4.78 is 11.7. The maximum absolute atomic E-state index is 13.7. The summed E-state index contributed by atoms with van der Waals surface area (Å²) in [5, 5.41) is 32.2. The summed E-state index contributed by atoms with van der Waals surface area (Å²) in [6.45, 7) is 1.64. The number of carboxylic acid groups (broad SMARTS) is 1. The van der Waals surface area contributed by atoms with E-state index in [4.69, 9.17) is 9.47 Å². The van der Waals surface area contributed by atoms with E-state index in [0.29, 0.717) is 18.6 Å². The molecule has 48 heavy (non-hydrogen) atoms. The number of methoxy groups -OCH3 is 1. The summed E-state index contributed by atoms with van der Waals surface area (Å²) in [7, 11) is 3.35. The van der Waals surface area contributed by atoms with Crippen molar-refractivity contribution >= 4 is 23.6 Å². The highest BCUT2D eigenvalue weighted by atomic mass is 16.6. The Labute approximate surface area is 277 Å². The molecule has 2 aromatic carbocycles. The van der Waals surface area contributed by atoms with Crippen LogP contribution in [0.3, 0.4) is 0 Å². The molecule has 3 aliphatic rings. The number of carbonyl (C=O) groups excluding carboxylic acids is 1. The molecule has 14 heteroatoms. The van der Waals surface area contributed by atoms with E-state index in [1.165, 1.54) is 12.0 Å². The molecule has 1 saturated heterocycles. The van der Waals surface area contributed by atoms with E-state index >= 15 is 0 Å². The highest BCUT2D eigenvalue weighted by Gasteiger charge is 2.47. The topological polar surface area (TPSA) is 175 Å². The third-order valence-corrected chi connectivity index (χ3v) is 9.70. The minimum absolute atomic E-state index is 0.00383. The number of likely N-dealkylation sites (N-methyl/N-ethyl adjacent to an activating group) is 1. The SMILES string of the molecule is COC(=O)C1(Cc2nc(Oc3cccc4c3CCN(C)C4)nc(N3CCN(C(=O)O)[C@@H](CC#N)C3)c2[N+](=O)[O-])CCCc2ccccc21. The van der Waals surface area contributed by atoms with Crippen LogP contribution in [0.1, 0.15) is 47.2 Å². The molecule has 1 aliphatic carbocycles. The number of esters is 1. The van der Waals surface area contributed by atoms with Gasteiger partial charge in [-0.05, 0) is 55.5 Å². The van der Waals surface area contributed by atoms with Gasteiger partial charge in [-0.25, -0.2) is 4.79 Å². The Balaban J connectivity index is 1.51. The summed E-state index contributed by atoms with van der Waals surface area (Å²) in [5.74, 6) is -0.0336. The number of hydrogen-bond donors (Lipinski definition) is 1. The molecule has 2 aliphatic heterocycles. The van der Waals surface area contributed by atoms with Gasteiger partial charge in [0.1, 0.15) is 11.4 Å². The van der Waals surface area contributed by atoms with Crippen molar-refractivity contribution in [1.29, 1.82) is 5.26 Å². The average Bonchev–Trinajstić information content (AvgIpc) is 3.07. The van der Waals surface area contributed by atoms with Gasteiger partial charge in [0.15, 0.2) is 0 Å². The third kappa shape index (κ3) is 6.09. The Bertz CT molecular complexity index is 1790. The first kappa shape index (κ1) is 32.6. The van der Waals surface area contributed by atoms with Crippen LogP contribution in [0.5, 0.6) is 11.8 Å². The van der Waals surface area contributed by atoms with Crippen molar-refractivity contribution < 1.29 is 29.1 Å². The van der Waals surface area contributed by atoms with Crippen LogP contribution >= 0.6 is 0 Å². The Kier molecular flexibility index (Phi) is 9.14. The molecule has 250 valence electrons. The third-order valence-electron chi connectivity index (χ3n) is 9.70. The minimum atomic E-state index is -1.25. The van der Waals surface area contributed by atoms with Gasteiger partial charge in [-0.1, -0.05) is 36.4 Å². The number of nitriles is 1. The Morgan fingerprint density at radius 2 is 1.92 bits per heavy atom. The molecule has 1 N–H and O–H groups in total. The predicted molar refractivity (Wildman–Crippen MR) is 173 cm³/mol. The molecule has 0 spiro atoms. The standard InChI is InChI=1S/C34H37N7O7/c1-38-16-13-25-23(20-38)8-5-11-28(25)48-32-36-27(19-34(31(42)47-2)14-6-9-22-7-3-4-10-26(22)34)29(41(45)46)30(37-32)39-17-18-40(33(43)44)24(21-39)12-15-35/h3-5,7-8,10-11,24H,6,9,12-14,16-21H2,1-2H3,(H,43,44)/t24-,34?/m0/s1. The number of aromatic nitrogens is 2. The molecule has 2 atom stereocenters. The van der Waals surface area contributed by atoms with Gasteiger partial charge in [0.2, 0.25) is 5.82 Å². The van der Waals surface area contributed by atoms with E-state index in [1.807, 2.05) is 55.6 Å². The van der Waals surface area contributed by atoms with E-state index in [9.17, 15) is 30.1 Å². The van der Waals surface area contributed by atoms with Gasteiger partial charge in [-0.15, -0.1) is 0 Å². The second-order valence-electron chi connectivity index (χ2n) is 12.6. The first-order valence-corrected chi connectivity index (χ1v) is 16.0. The average molecular weight is 656 g/mol. The number of carbonyl (C=O) groups is 2. The normalized spacial score (nSPS) is 20.6. The van der Waals surface area contributed by atoms with Crippen LogP contribution in [-0.2, 0) is 40.8 Å². The fourth-order valence-corrected chi connectivity index (χ4v) is 7.40. The number of piperazine rings is 1. The zero-order chi connectivity index (χ0) is 34.0. The largest absolute Gasteiger partial charge is 0.468 e. The molecule has 6 rings (SSSR count). The first-order chi connectivity index (χ1) is 23.1. The molecule has 0 bridgehead atoms. The van der Waals surface area contributed by atoms with Crippen molar-refractivity contribution in [3.8, 4) is 17.8 Å². The molecule has 1 amide bonds. The van der Waals surface area contributed by atoms with E-state index < -0.39 is 34.1 Å². The second-order valence-corrected chi connectivity index (χ2v) is 12.6. The van der Waals surface area contributed by atoms with Crippen molar-refractivity contribution in [3.63, 3.8) is 0 Å². The van der Waals surface area contributed by atoms with Gasteiger partial charge in [0.05, 0.1) is 36.0 Å². The van der Waals surface area contributed by atoms with Gasteiger partial charge in [-0.3, -0.25) is 14.9 Å². The maximum Gasteiger partial charge on any atom is 0.407 e. The lowest BCUT2D eigenvalue weighted by Crippen LogP contribution is -2.55. The summed E-state index contributed by atoms with van der Waals surface area (Å²) in [5.41, 5.74) is 2.15. The smallest absolute Gasteiger partial charge is 0.407 e. The van der Waals surface area contributed by atoms with Gasteiger partial charge < -0.3 is 29.3 Å². The quantitative estimate of drug-likeness (QED) is 0.208. The molecule has 0 saturated carbocycles. The lowest BCUT2D eigenvalue weighted by molar-refractivity contribution is -0.385. The van der Waals surface area contributed by atoms with Gasteiger partial charge in [0.25, 0.3) is 0 Å². The zero-order valence-corrected chi connectivity index (χ0v) is 26.9. The molecular formula is C34H37N7O7. The lowest BCUT2D eigenvalue weighted by Gasteiger charge is -2.39. The van der Waals surface area contributed by atoms with Gasteiger partial charge in [-0.2, -0.15) is 15.2 Å². The highest BCUT2D eigenvalue weighted by Crippen LogP contribution is 2.44. The number of amides is 1. The van der Waals surface area contributed by atoms with Gasteiger partial charge >= 0.3 is 23.8 Å². The fraction of sp³-hybridized carbons (Fsp3) is 0.441. The van der Waals surface area contributed by atoms with Crippen LogP contribution in [-0.4, -0.2) is 88.2 Å². The van der Waals surface area contributed by atoms with E-state index in [0.717, 1.165) is 48.2 Å². The monoisotopic (exact) mass is 655 g/mol. The number of nitro groups is 1. The van der Waals surface area contributed by atoms with E-state index in [2.05, 4.69) is 14.9 Å². The van der Waals surface area contributed by atoms with Crippen molar-refractivity contribution in [2.24, 2.45) is 0 Å². The van der Waals surface area contributed by atoms with Crippen LogP contribution < -0.4 is 9.64 Å². The molecule has 1 unspecified atom stereocenters. The Hall–Kier alpha value is -5.29. The van der Waals surface area contributed by atoms with E-state index in [1.54, 1.807) is 4.90 Å². The first-order valence-electron chi connectivity index (χ1n) is 16.0. The number of ether oxygens (including phenoxy) is 2. The second kappa shape index (κ2) is 13.4. The maximum atomic E-state index is 13.7. The summed E-state index contributed by atoms with van der Waals surface area (Å²) >= 11 is 0. The molecule has 1 aromatic heterocycles. The number of hydrogen-bond acceptors (Lipinski definition) is 11. The Morgan fingerprint density at radius 1 is 1.12 bits per heavy atom.